The Morgan fingerprint density at radius 2 is 1.83 bits per heavy atom. The van der Waals surface area contributed by atoms with E-state index >= 15 is 0 Å². The number of fused-ring (bicyclic) bond motifs is 1. The van der Waals surface area contributed by atoms with Gasteiger partial charge in [0.25, 0.3) is 0 Å². The molecule has 1 aliphatic rings. The Balaban J connectivity index is 1.51. The largest absolute Gasteiger partial charge is 0.481 e. The monoisotopic (exact) mass is 402 g/mol. The van der Waals surface area contributed by atoms with Crippen molar-refractivity contribution in [3.8, 4) is 28.1 Å². The summed E-state index contributed by atoms with van der Waals surface area (Å²) in [5, 5.41) is 5.82. The van der Waals surface area contributed by atoms with E-state index in [-0.39, 0.29) is 0 Å². The Morgan fingerprint density at radius 1 is 1.03 bits per heavy atom. The maximum atomic E-state index is 5.18. The van der Waals surface area contributed by atoms with Gasteiger partial charge in [-0.25, -0.2) is 9.97 Å². The summed E-state index contributed by atoms with van der Waals surface area (Å²) in [7, 11) is 3.81. The lowest BCUT2D eigenvalue weighted by molar-refractivity contribution is 0.210. The number of nitrogens with one attached hydrogen (secondary N) is 1. The molecule has 7 heteroatoms. The normalized spacial score (nSPS) is 15.7. The zero-order valence-electron chi connectivity index (χ0n) is 17.6. The highest BCUT2D eigenvalue weighted by atomic mass is 16.5. The van der Waals surface area contributed by atoms with Gasteiger partial charge < -0.3 is 14.6 Å². The molecule has 30 heavy (non-hydrogen) atoms. The van der Waals surface area contributed by atoms with Crippen molar-refractivity contribution in [1.29, 1.82) is 0 Å². The topological polar surface area (TPSA) is 71.9 Å². The number of piperidine rings is 1. The Bertz CT molecular complexity index is 1170. The van der Waals surface area contributed by atoms with Crippen LogP contribution in [0.4, 0.5) is 0 Å². The first kappa shape index (κ1) is 18.8. The van der Waals surface area contributed by atoms with Crippen LogP contribution in [0.1, 0.15) is 24.6 Å². The highest BCUT2D eigenvalue weighted by Gasteiger charge is 2.22. The molecule has 4 aromatic rings. The number of rotatable bonds is 4. The number of hydrogen-bond acceptors (Lipinski definition) is 5. The molecule has 0 aromatic carbocycles. The quantitative estimate of drug-likeness (QED) is 0.557. The second kappa shape index (κ2) is 7.57. The molecule has 0 unspecified atom stereocenters. The summed E-state index contributed by atoms with van der Waals surface area (Å²) in [6.45, 7) is 4.40. The standard InChI is InChI=1S/C23H26N6O/c1-15-20(14-27-29(15)18-6-8-28(2)9-7-18)17-10-19-21(13-26-23(19)25-12-17)16-4-5-22(30-3)24-11-16/h4-5,10-14,18H,6-9H2,1-3H3,(H,25,26). The van der Waals surface area contributed by atoms with Gasteiger partial charge >= 0.3 is 0 Å². The van der Waals surface area contributed by atoms with Gasteiger partial charge in [-0.05, 0) is 52.0 Å². The fourth-order valence-electron chi connectivity index (χ4n) is 4.36. The van der Waals surface area contributed by atoms with E-state index in [1.54, 1.807) is 7.11 Å². The summed E-state index contributed by atoms with van der Waals surface area (Å²) in [5.74, 6) is 0.606. The molecule has 0 amide bonds. The minimum absolute atomic E-state index is 0.472. The smallest absolute Gasteiger partial charge is 0.212 e. The molecule has 0 saturated carbocycles. The maximum Gasteiger partial charge on any atom is 0.212 e. The van der Waals surface area contributed by atoms with E-state index in [4.69, 9.17) is 9.84 Å². The summed E-state index contributed by atoms with van der Waals surface area (Å²) in [6, 6.07) is 6.56. The predicted octanol–water partition coefficient (Wildman–Crippen LogP) is 4.07. The molecule has 154 valence electrons. The number of methoxy groups -OCH3 is 1. The second-order valence-electron chi connectivity index (χ2n) is 8.03. The van der Waals surface area contributed by atoms with Crippen molar-refractivity contribution < 1.29 is 4.74 Å². The lowest BCUT2D eigenvalue weighted by Gasteiger charge is -2.29. The van der Waals surface area contributed by atoms with Crippen LogP contribution < -0.4 is 4.74 Å². The van der Waals surface area contributed by atoms with E-state index < -0.39 is 0 Å². The average Bonchev–Trinajstić information content (AvgIpc) is 3.37. The predicted molar refractivity (Wildman–Crippen MR) is 118 cm³/mol. The third-order valence-electron chi connectivity index (χ3n) is 6.18. The summed E-state index contributed by atoms with van der Waals surface area (Å²) in [5.41, 5.74) is 6.40. The molecule has 0 bridgehead atoms. The van der Waals surface area contributed by atoms with Gasteiger partial charge in [0.2, 0.25) is 5.88 Å². The Labute approximate surface area is 175 Å². The summed E-state index contributed by atoms with van der Waals surface area (Å²) in [4.78, 5) is 14.7. The number of likely N-dealkylation sites (tertiary alicyclic amines) is 1. The minimum Gasteiger partial charge on any atom is -0.481 e. The van der Waals surface area contributed by atoms with E-state index in [2.05, 4.69) is 44.6 Å². The van der Waals surface area contributed by atoms with Gasteiger partial charge in [-0.3, -0.25) is 4.68 Å². The number of ether oxygens (including phenoxy) is 1. The van der Waals surface area contributed by atoms with Gasteiger partial charge in [0.05, 0.1) is 19.3 Å². The van der Waals surface area contributed by atoms with Crippen molar-refractivity contribution in [3.05, 3.63) is 48.7 Å². The molecule has 4 aromatic heterocycles. The molecule has 1 fully saturated rings. The molecular formula is C23H26N6O. The Kier molecular flexibility index (Phi) is 4.75. The van der Waals surface area contributed by atoms with Gasteiger partial charge in [-0.15, -0.1) is 0 Å². The first-order valence-corrected chi connectivity index (χ1v) is 10.3. The number of aromatic amines is 1. The highest BCUT2D eigenvalue weighted by molar-refractivity contribution is 5.95. The van der Waals surface area contributed by atoms with Crippen LogP contribution in [-0.2, 0) is 0 Å². The SMILES string of the molecule is COc1ccc(-c2c[nH]c3ncc(-c4cnn(C5CCN(C)CC5)c4C)cc23)cn1. The van der Waals surface area contributed by atoms with Crippen molar-refractivity contribution in [2.75, 3.05) is 27.2 Å². The molecule has 0 atom stereocenters. The Morgan fingerprint density at radius 3 is 2.57 bits per heavy atom. The fourth-order valence-corrected chi connectivity index (χ4v) is 4.36. The van der Waals surface area contributed by atoms with E-state index in [0.29, 0.717) is 11.9 Å². The number of hydrogen-bond donors (Lipinski definition) is 1. The minimum atomic E-state index is 0.472. The first-order chi connectivity index (χ1) is 14.6. The molecule has 5 rings (SSSR count). The molecule has 1 aliphatic heterocycles. The van der Waals surface area contributed by atoms with Crippen LogP contribution in [0.5, 0.6) is 5.88 Å². The maximum absolute atomic E-state index is 5.18. The second-order valence-corrected chi connectivity index (χ2v) is 8.03. The molecule has 5 heterocycles. The van der Waals surface area contributed by atoms with Crippen LogP contribution in [0.25, 0.3) is 33.3 Å². The number of pyridine rings is 2. The molecular weight excluding hydrogens is 376 g/mol. The van der Waals surface area contributed by atoms with Crippen LogP contribution >= 0.6 is 0 Å². The van der Waals surface area contributed by atoms with Gasteiger partial charge in [0.15, 0.2) is 0 Å². The summed E-state index contributed by atoms with van der Waals surface area (Å²) >= 11 is 0. The van der Waals surface area contributed by atoms with E-state index in [0.717, 1.165) is 59.2 Å². The van der Waals surface area contributed by atoms with E-state index in [9.17, 15) is 0 Å². The highest BCUT2D eigenvalue weighted by Crippen LogP contribution is 2.33. The molecule has 0 spiro atoms. The third kappa shape index (κ3) is 3.25. The van der Waals surface area contributed by atoms with Crippen LogP contribution in [0, 0.1) is 6.92 Å². The van der Waals surface area contributed by atoms with Gasteiger partial charge in [0, 0.05) is 58.0 Å². The van der Waals surface area contributed by atoms with E-state index in [1.165, 1.54) is 5.69 Å². The van der Waals surface area contributed by atoms with Gasteiger partial charge in [0.1, 0.15) is 5.65 Å². The van der Waals surface area contributed by atoms with Crippen LogP contribution in [0.2, 0.25) is 0 Å². The summed E-state index contributed by atoms with van der Waals surface area (Å²) in [6.07, 6.45) is 10.0. The Hall–Kier alpha value is -3.19. The molecule has 1 N–H and O–H groups in total. The van der Waals surface area contributed by atoms with Crippen LogP contribution in [0.15, 0.2) is 43.0 Å². The van der Waals surface area contributed by atoms with Crippen molar-refractivity contribution in [3.63, 3.8) is 0 Å². The van der Waals surface area contributed by atoms with Crippen LogP contribution in [-0.4, -0.2) is 56.9 Å². The first-order valence-electron chi connectivity index (χ1n) is 10.3. The lowest BCUT2D eigenvalue weighted by Crippen LogP contribution is -2.32. The molecule has 0 radical (unpaired) electrons. The van der Waals surface area contributed by atoms with E-state index in [1.807, 2.05) is 36.9 Å². The zero-order valence-corrected chi connectivity index (χ0v) is 17.6. The van der Waals surface area contributed by atoms with Gasteiger partial charge in [-0.2, -0.15) is 5.10 Å². The average molecular weight is 403 g/mol. The molecule has 0 aliphatic carbocycles. The zero-order chi connectivity index (χ0) is 20.7. The van der Waals surface area contributed by atoms with Crippen molar-refractivity contribution in [1.82, 2.24) is 29.6 Å². The van der Waals surface area contributed by atoms with Crippen molar-refractivity contribution in [2.45, 2.75) is 25.8 Å². The number of H-pyrrole nitrogens is 1. The number of aromatic nitrogens is 5. The third-order valence-corrected chi connectivity index (χ3v) is 6.18. The van der Waals surface area contributed by atoms with Crippen molar-refractivity contribution >= 4 is 11.0 Å². The summed E-state index contributed by atoms with van der Waals surface area (Å²) < 4.78 is 7.39. The van der Waals surface area contributed by atoms with Crippen LogP contribution in [0.3, 0.4) is 0 Å². The fraction of sp³-hybridized carbons (Fsp3) is 0.348. The van der Waals surface area contributed by atoms with Crippen molar-refractivity contribution in [2.24, 2.45) is 0 Å². The van der Waals surface area contributed by atoms with Gasteiger partial charge in [-0.1, -0.05) is 0 Å². The number of nitrogens with zero attached hydrogens (tertiary/aromatic N) is 5. The lowest BCUT2D eigenvalue weighted by atomic mass is 10.0. The molecule has 7 nitrogen and oxygen atoms in total. The molecule has 1 saturated heterocycles.